The summed E-state index contributed by atoms with van der Waals surface area (Å²) in [6.07, 6.45) is 1.33. The second kappa shape index (κ2) is 6.08. The van der Waals surface area contributed by atoms with Crippen LogP contribution in [0.25, 0.3) is 0 Å². The maximum absolute atomic E-state index is 10.3. The summed E-state index contributed by atoms with van der Waals surface area (Å²) < 4.78 is 0. The number of hydrogen-bond acceptors (Lipinski definition) is 4. The van der Waals surface area contributed by atoms with Crippen LogP contribution in [0.15, 0.2) is 36.7 Å². The van der Waals surface area contributed by atoms with Gasteiger partial charge in [0.1, 0.15) is 0 Å². The second-order valence-corrected chi connectivity index (χ2v) is 2.42. The average molecular weight is 206 g/mol. The van der Waals surface area contributed by atoms with Crippen molar-refractivity contribution in [2.24, 2.45) is 5.73 Å². The molecule has 0 saturated heterocycles. The summed E-state index contributed by atoms with van der Waals surface area (Å²) in [7, 11) is 0. The lowest BCUT2D eigenvalue weighted by atomic mass is 10.3. The molecule has 0 atom stereocenters. The lowest BCUT2D eigenvalue weighted by molar-refractivity contribution is 0.259. The van der Waals surface area contributed by atoms with Crippen molar-refractivity contribution in [1.82, 2.24) is 20.6 Å². The molecule has 1 aromatic carbocycles. The molecule has 0 fully saturated rings. The zero-order valence-corrected chi connectivity index (χ0v) is 7.79. The molecule has 4 N–H and O–H groups in total. The van der Waals surface area contributed by atoms with Crippen molar-refractivity contribution in [3.05, 3.63) is 36.7 Å². The monoisotopic (exact) mass is 206 g/mol. The van der Waals surface area contributed by atoms with Gasteiger partial charge in [-0.25, -0.2) is 4.79 Å². The maximum Gasteiger partial charge on any atom is 0.316 e. The van der Waals surface area contributed by atoms with E-state index in [-0.39, 0.29) is 0 Å². The van der Waals surface area contributed by atoms with Crippen LogP contribution in [0, 0.1) is 0 Å². The molecule has 7 nitrogen and oxygen atoms in total. The van der Waals surface area contributed by atoms with Gasteiger partial charge in [0, 0.05) is 5.69 Å². The van der Waals surface area contributed by atoms with E-state index in [0.29, 0.717) is 0 Å². The number of benzene rings is 1. The summed E-state index contributed by atoms with van der Waals surface area (Å²) in [5.41, 5.74) is 5.59. The van der Waals surface area contributed by atoms with E-state index in [9.17, 15) is 4.79 Å². The lowest BCUT2D eigenvalue weighted by Crippen LogP contribution is -2.18. The number of rotatable bonds is 1. The third kappa shape index (κ3) is 4.98. The fraction of sp³-hybridized carbons (Fsp3) is 0. The summed E-state index contributed by atoms with van der Waals surface area (Å²) in [5, 5.41) is 14.6. The highest BCUT2D eigenvalue weighted by Crippen LogP contribution is 2.03. The fourth-order valence-electron chi connectivity index (χ4n) is 0.793. The van der Waals surface area contributed by atoms with Crippen molar-refractivity contribution < 1.29 is 4.79 Å². The lowest BCUT2D eigenvalue weighted by Gasteiger charge is -1.97. The van der Waals surface area contributed by atoms with Crippen LogP contribution >= 0.6 is 0 Å². The van der Waals surface area contributed by atoms with Crippen LogP contribution in [0.2, 0.25) is 0 Å². The molecular formula is C8H10N6O. The third-order valence-electron chi connectivity index (χ3n) is 1.31. The SMILES string of the molecule is NC(=O)Nc1ccccc1.c1nn[nH]n1. The van der Waals surface area contributed by atoms with E-state index in [1.807, 2.05) is 18.2 Å². The third-order valence-corrected chi connectivity index (χ3v) is 1.31. The normalized spacial score (nSPS) is 8.53. The summed E-state index contributed by atoms with van der Waals surface area (Å²) in [4.78, 5) is 10.3. The van der Waals surface area contributed by atoms with Gasteiger partial charge in [0.2, 0.25) is 0 Å². The highest BCUT2D eigenvalue weighted by Gasteiger charge is 1.90. The molecule has 2 aromatic rings. The first-order chi connectivity index (χ1) is 7.29. The molecular weight excluding hydrogens is 196 g/mol. The van der Waals surface area contributed by atoms with Gasteiger partial charge in [-0.05, 0) is 12.1 Å². The van der Waals surface area contributed by atoms with Crippen LogP contribution in [0.4, 0.5) is 10.5 Å². The van der Waals surface area contributed by atoms with Crippen molar-refractivity contribution in [2.45, 2.75) is 0 Å². The first-order valence-corrected chi connectivity index (χ1v) is 4.07. The number of tetrazole rings is 1. The van der Waals surface area contributed by atoms with Crippen molar-refractivity contribution in [3.8, 4) is 0 Å². The van der Waals surface area contributed by atoms with Gasteiger partial charge in [-0.2, -0.15) is 5.21 Å². The summed E-state index contributed by atoms with van der Waals surface area (Å²) in [6.45, 7) is 0. The van der Waals surface area contributed by atoms with Gasteiger partial charge in [0.15, 0.2) is 6.33 Å². The Morgan fingerprint density at radius 2 is 2.07 bits per heavy atom. The summed E-state index contributed by atoms with van der Waals surface area (Å²) >= 11 is 0. The molecule has 0 unspecified atom stereocenters. The van der Waals surface area contributed by atoms with Gasteiger partial charge in [0.05, 0.1) is 0 Å². The van der Waals surface area contributed by atoms with Gasteiger partial charge < -0.3 is 11.1 Å². The minimum absolute atomic E-state index is 0.536. The topological polar surface area (TPSA) is 110 Å². The van der Waals surface area contributed by atoms with Crippen LogP contribution in [0.1, 0.15) is 0 Å². The Bertz CT molecular complexity index is 356. The van der Waals surface area contributed by atoms with Crippen LogP contribution in [0.3, 0.4) is 0 Å². The molecule has 0 aliphatic carbocycles. The number of aromatic nitrogens is 4. The Balaban J connectivity index is 0.000000187. The molecule has 7 heteroatoms. The zero-order valence-electron chi connectivity index (χ0n) is 7.79. The number of nitrogens with zero attached hydrogens (tertiary/aromatic N) is 3. The van der Waals surface area contributed by atoms with Crippen LogP contribution in [-0.2, 0) is 0 Å². The molecule has 0 bridgehead atoms. The quantitative estimate of drug-likeness (QED) is 0.626. The number of primary amides is 1. The molecule has 0 saturated carbocycles. The van der Waals surface area contributed by atoms with Gasteiger partial charge >= 0.3 is 6.03 Å². The number of aromatic amines is 1. The Labute approximate surface area is 85.7 Å². The first kappa shape index (κ1) is 10.6. The highest BCUT2D eigenvalue weighted by molar-refractivity contribution is 5.87. The Kier molecular flexibility index (Phi) is 4.31. The fourth-order valence-corrected chi connectivity index (χ4v) is 0.793. The average Bonchev–Trinajstić information content (AvgIpc) is 2.76. The first-order valence-electron chi connectivity index (χ1n) is 4.07. The molecule has 0 aliphatic heterocycles. The number of amides is 2. The van der Waals surface area contributed by atoms with E-state index in [4.69, 9.17) is 5.73 Å². The number of anilines is 1. The molecule has 2 amide bonds. The maximum atomic E-state index is 10.3. The standard InChI is InChI=1S/C7H8N2O.CH2N4/c8-7(10)9-6-4-2-1-3-5-6;1-2-4-5-3-1/h1-5H,(H3,8,9,10);1H,(H,2,3,4,5). The van der Waals surface area contributed by atoms with Gasteiger partial charge in [0.25, 0.3) is 0 Å². The van der Waals surface area contributed by atoms with Crippen molar-refractivity contribution in [3.63, 3.8) is 0 Å². The Morgan fingerprint density at radius 1 is 1.33 bits per heavy atom. The number of carbonyl (C=O) groups excluding carboxylic acids is 1. The van der Waals surface area contributed by atoms with Crippen molar-refractivity contribution >= 4 is 11.7 Å². The minimum atomic E-state index is -0.536. The number of urea groups is 1. The van der Waals surface area contributed by atoms with E-state index >= 15 is 0 Å². The molecule has 15 heavy (non-hydrogen) atoms. The van der Waals surface area contributed by atoms with Crippen molar-refractivity contribution in [2.75, 3.05) is 5.32 Å². The number of nitrogens with one attached hydrogen (secondary N) is 2. The molecule has 0 aliphatic rings. The van der Waals surface area contributed by atoms with E-state index in [0.717, 1.165) is 5.69 Å². The van der Waals surface area contributed by atoms with Gasteiger partial charge in [-0.1, -0.05) is 23.4 Å². The number of hydrogen-bond donors (Lipinski definition) is 3. The molecule has 0 spiro atoms. The van der Waals surface area contributed by atoms with E-state index < -0.39 is 6.03 Å². The van der Waals surface area contributed by atoms with Crippen LogP contribution in [-0.4, -0.2) is 26.7 Å². The van der Waals surface area contributed by atoms with Crippen molar-refractivity contribution in [1.29, 1.82) is 0 Å². The predicted octanol–water partition coefficient (Wildman–Crippen LogP) is 0.377. The predicted molar refractivity (Wildman–Crippen MR) is 53.8 cm³/mol. The second-order valence-electron chi connectivity index (χ2n) is 2.42. The zero-order chi connectivity index (χ0) is 10.9. The highest BCUT2D eigenvalue weighted by atomic mass is 16.2. The molecule has 1 aromatic heterocycles. The minimum Gasteiger partial charge on any atom is -0.351 e. The number of carbonyl (C=O) groups is 1. The van der Waals surface area contributed by atoms with E-state index in [1.165, 1.54) is 6.33 Å². The Hall–Kier alpha value is -2.44. The molecule has 78 valence electrons. The molecule has 2 rings (SSSR count). The smallest absolute Gasteiger partial charge is 0.316 e. The van der Waals surface area contributed by atoms with Crippen LogP contribution in [0.5, 0.6) is 0 Å². The molecule has 1 heterocycles. The van der Waals surface area contributed by atoms with E-state index in [2.05, 4.69) is 25.9 Å². The number of para-hydroxylation sites is 1. The molecule has 0 radical (unpaired) electrons. The Morgan fingerprint density at radius 3 is 2.47 bits per heavy atom. The van der Waals surface area contributed by atoms with Crippen LogP contribution < -0.4 is 11.1 Å². The van der Waals surface area contributed by atoms with E-state index in [1.54, 1.807) is 12.1 Å². The number of nitrogens with two attached hydrogens (primary N) is 1. The summed E-state index contributed by atoms with van der Waals surface area (Å²) in [5.74, 6) is 0. The van der Waals surface area contributed by atoms with Gasteiger partial charge in [-0.15, -0.1) is 10.2 Å². The summed E-state index contributed by atoms with van der Waals surface area (Å²) in [6, 6.07) is 8.52. The largest absolute Gasteiger partial charge is 0.351 e. The number of H-pyrrole nitrogens is 1. The van der Waals surface area contributed by atoms with Gasteiger partial charge in [-0.3, -0.25) is 0 Å².